The number of amides is 1. The summed E-state index contributed by atoms with van der Waals surface area (Å²) < 4.78 is 0. The molecule has 6 nitrogen and oxygen atoms in total. The summed E-state index contributed by atoms with van der Waals surface area (Å²) in [5.41, 5.74) is 2.93. The SMILES string of the molecule is O=C(Nc1cccc(Nc2ncnc3ccccc23)c1)c1ccncc1. The third-order valence-electron chi connectivity index (χ3n) is 3.87. The standard InChI is InChI=1S/C20H15N5O/c26-20(14-8-10-21-11-9-14)25-16-5-3-4-15(12-16)24-19-17-6-1-2-7-18(17)22-13-23-19/h1-13H,(H,25,26)(H,22,23,24). The first kappa shape index (κ1) is 15.7. The summed E-state index contributed by atoms with van der Waals surface area (Å²) in [5.74, 6) is 0.533. The van der Waals surface area contributed by atoms with Crippen LogP contribution in [0, 0.1) is 0 Å². The molecule has 2 aromatic heterocycles. The lowest BCUT2D eigenvalue weighted by molar-refractivity contribution is 0.102. The molecule has 0 spiro atoms. The number of anilines is 3. The molecule has 4 rings (SSSR count). The van der Waals surface area contributed by atoms with Gasteiger partial charge in [-0.3, -0.25) is 9.78 Å². The second-order valence-corrected chi connectivity index (χ2v) is 5.64. The fourth-order valence-electron chi connectivity index (χ4n) is 2.62. The molecule has 6 heteroatoms. The van der Waals surface area contributed by atoms with Crippen LogP contribution in [-0.4, -0.2) is 20.9 Å². The Bertz CT molecular complexity index is 1060. The molecule has 26 heavy (non-hydrogen) atoms. The molecule has 1 amide bonds. The monoisotopic (exact) mass is 341 g/mol. The second-order valence-electron chi connectivity index (χ2n) is 5.64. The number of carbonyl (C=O) groups is 1. The second kappa shape index (κ2) is 6.98. The summed E-state index contributed by atoms with van der Waals surface area (Å²) in [7, 11) is 0. The van der Waals surface area contributed by atoms with Crippen LogP contribution < -0.4 is 10.6 Å². The molecule has 0 aliphatic heterocycles. The fraction of sp³-hybridized carbons (Fsp3) is 0. The maximum absolute atomic E-state index is 12.3. The van der Waals surface area contributed by atoms with E-state index in [1.54, 1.807) is 24.5 Å². The van der Waals surface area contributed by atoms with Crippen molar-refractivity contribution in [3.63, 3.8) is 0 Å². The van der Waals surface area contributed by atoms with Crippen molar-refractivity contribution < 1.29 is 4.79 Å². The largest absolute Gasteiger partial charge is 0.340 e. The predicted octanol–water partition coefficient (Wildman–Crippen LogP) is 4.02. The van der Waals surface area contributed by atoms with E-state index in [1.165, 1.54) is 6.33 Å². The molecule has 2 aromatic carbocycles. The Morgan fingerprint density at radius 1 is 0.846 bits per heavy atom. The molecule has 0 atom stereocenters. The number of carbonyl (C=O) groups excluding carboxylic acids is 1. The molecule has 0 saturated carbocycles. The number of benzene rings is 2. The minimum absolute atomic E-state index is 0.183. The summed E-state index contributed by atoms with van der Waals surface area (Å²) in [6.45, 7) is 0. The minimum Gasteiger partial charge on any atom is -0.340 e. The van der Waals surface area contributed by atoms with Gasteiger partial charge in [-0.1, -0.05) is 18.2 Å². The van der Waals surface area contributed by atoms with Crippen molar-refractivity contribution >= 4 is 34.0 Å². The van der Waals surface area contributed by atoms with Crippen LogP contribution in [0.15, 0.2) is 79.4 Å². The minimum atomic E-state index is -0.183. The van der Waals surface area contributed by atoms with E-state index in [2.05, 4.69) is 25.6 Å². The van der Waals surface area contributed by atoms with Gasteiger partial charge in [0.15, 0.2) is 0 Å². The van der Waals surface area contributed by atoms with Gasteiger partial charge in [-0.15, -0.1) is 0 Å². The first-order valence-electron chi connectivity index (χ1n) is 8.08. The van der Waals surface area contributed by atoms with Crippen LogP contribution in [0.2, 0.25) is 0 Å². The van der Waals surface area contributed by atoms with Gasteiger partial charge in [0.1, 0.15) is 12.1 Å². The highest BCUT2D eigenvalue weighted by atomic mass is 16.1. The van der Waals surface area contributed by atoms with Gasteiger partial charge in [0.25, 0.3) is 5.91 Å². The molecule has 0 bridgehead atoms. The lowest BCUT2D eigenvalue weighted by Gasteiger charge is -2.10. The number of hydrogen-bond donors (Lipinski definition) is 2. The van der Waals surface area contributed by atoms with Crippen LogP contribution in [0.5, 0.6) is 0 Å². The van der Waals surface area contributed by atoms with E-state index in [0.29, 0.717) is 17.1 Å². The van der Waals surface area contributed by atoms with Crippen LogP contribution >= 0.6 is 0 Å². The first-order valence-corrected chi connectivity index (χ1v) is 8.08. The number of nitrogens with zero attached hydrogens (tertiary/aromatic N) is 3. The molecule has 0 aliphatic rings. The van der Waals surface area contributed by atoms with Gasteiger partial charge in [0, 0.05) is 34.7 Å². The van der Waals surface area contributed by atoms with Gasteiger partial charge in [0.05, 0.1) is 5.52 Å². The summed E-state index contributed by atoms with van der Waals surface area (Å²) >= 11 is 0. The molecule has 4 aromatic rings. The number of aromatic nitrogens is 3. The molecule has 0 saturated heterocycles. The smallest absolute Gasteiger partial charge is 0.255 e. The van der Waals surface area contributed by atoms with Crippen molar-refractivity contribution in [2.24, 2.45) is 0 Å². The van der Waals surface area contributed by atoms with Crippen molar-refractivity contribution in [3.8, 4) is 0 Å². The average Bonchev–Trinajstić information content (AvgIpc) is 2.69. The fourth-order valence-corrected chi connectivity index (χ4v) is 2.62. The average molecular weight is 341 g/mol. The van der Waals surface area contributed by atoms with Gasteiger partial charge in [0.2, 0.25) is 0 Å². The van der Waals surface area contributed by atoms with Crippen LogP contribution in [0.25, 0.3) is 10.9 Å². The van der Waals surface area contributed by atoms with Crippen LogP contribution in [0.1, 0.15) is 10.4 Å². The number of nitrogens with one attached hydrogen (secondary N) is 2. The van der Waals surface area contributed by atoms with E-state index in [-0.39, 0.29) is 5.91 Å². The Kier molecular flexibility index (Phi) is 4.22. The highest BCUT2D eigenvalue weighted by Gasteiger charge is 2.07. The zero-order valence-corrected chi connectivity index (χ0v) is 13.8. The summed E-state index contributed by atoms with van der Waals surface area (Å²) in [5, 5.41) is 7.10. The molecule has 0 unspecified atom stereocenters. The number of rotatable bonds is 4. The third-order valence-corrected chi connectivity index (χ3v) is 3.87. The molecule has 0 radical (unpaired) electrons. The Morgan fingerprint density at radius 3 is 2.54 bits per heavy atom. The van der Waals surface area contributed by atoms with E-state index in [0.717, 1.165) is 16.6 Å². The van der Waals surface area contributed by atoms with Gasteiger partial charge in [-0.25, -0.2) is 9.97 Å². The van der Waals surface area contributed by atoms with Crippen molar-refractivity contribution in [1.29, 1.82) is 0 Å². The topological polar surface area (TPSA) is 79.8 Å². The normalized spacial score (nSPS) is 10.5. The van der Waals surface area contributed by atoms with Crippen molar-refractivity contribution in [2.45, 2.75) is 0 Å². The van der Waals surface area contributed by atoms with Crippen LogP contribution in [-0.2, 0) is 0 Å². The Balaban J connectivity index is 1.57. The number of para-hydroxylation sites is 1. The molecule has 0 aliphatic carbocycles. The van der Waals surface area contributed by atoms with Gasteiger partial charge in [-0.2, -0.15) is 0 Å². The van der Waals surface area contributed by atoms with Crippen molar-refractivity contribution in [3.05, 3.63) is 84.9 Å². The molecule has 2 heterocycles. The summed E-state index contributed by atoms with van der Waals surface area (Å²) in [6, 6.07) is 18.6. The first-order chi connectivity index (χ1) is 12.8. The van der Waals surface area contributed by atoms with Crippen molar-refractivity contribution in [2.75, 3.05) is 10.6 Å². The Labute approximate surface area is 150 Å². The number of hydrogen-bond acceptors (Lipinski definition) is 5. The van der Waals surface area contributed by atoms with E-state index < -0.39 is 0 Å². The van der Waals surface area contributed by atoms with Gasteiger partial charge < -0.3 is 10.6 Å². The third kappa shape index (κ3) is 3.34. The molecule has 2 N–H and O–H groups in total. The maximum atomic E-state index is 12.3. The van der Waals surface area contributed by atoms with Gasteiger partial charge >= 0.3 is 0 Å². The lowest BCUT2D eigenvalue weighted by atomic mass is 10.2. The molecule has 0 fully saturated rings. The zero-order valence-electron chi connectivity index (χ0n) is 13.8. The zero-order chi connectivity index (χ0) is 17.8. The quantitative estimate of drug-likeness (QED) is 0.586. The molecular formula is C20H15N5O. The summed E-state index contributed by atoms with van der Waals surface area (Å²) in [6.07, 6.45) is 4.71. The number of pyridine rings is 1. The lowest BCUT2D eigenvalue weighted by Crippen LogP contribution is -2.11. The van der Waals surface area contributed by atoms with Gasteiger partial charge in [-0.05, 0) is 42.5 Å². The Hall–Kier alpha value is -3.80. The predicted molar refractivity (Wildman–Crippen MR) is 101 cm³/mol. The van der Waals surface area contributed by atoms with Crippen molar-refractivity contribution in [1.82, 2.24) is 15.0 Å². The van der Waals surface area contributed by atoms with E-state index >= 15 is 0 Å². The van der Waals surface area contributed by atoms with E-state index in [4.69, 9.17) is 0 Å². The van der Waals surface area contributed by atoms with E-state index in [9.17, 15) is 4.79 Å². The Morgan fingerprint density at radius 2 is 1.65 bits per heavy atom. The van der Waals surface area contributed by atoms with Crippen LogP contribution in [0.4, 0.5) is 17.2 Å². The highest BCUT2D eigenvalue weighted by Crippen LogP contribution is 2.24. The summed E-state index contributed by atoms with van der Waals surface area (Å²) in [4.78, 5) is 24.8. The molecular weight excluding hydrogens is 326 g/mol. The maximum Gasteiger partial charge on any atom is 0.255 e. The van der Waals surface area contributed by atoms with Crippen LogP contribution in [0.3, 0.4) is 0 Å². The molecule has 126 valence electrons. The highest BCUT2D eigenvalue weighted by molar-refractivity contribution is 6.04. The van der Waals surface area contributed by atoms with E-state index in [1.807, 2.05) is 48.5 Å². The number of fused-ring (bicyclic) bond motifs is 1.